The zero-order valence-corrected chi connectivity index (χ0v) is 14.9. The summed E-state index contributed by atoms with van der Waals surface area (Å²) in [6, 6.07) is 4.02. The number of nitrogens with one attached hydrogen (secondary N) is 1. The highest BCUT2D eigenvalue weighted by Gasteiger charge is 2.43. The number of fused-ring (bicyclic) bond motifs is 1. The van der Waals surface area contributed by atoms with E-state index in [1.165, 1.54) is 6.20 Å². The van der Waals surface area contributed by atoms with E-state index in [4.69, 9.17) is 9.47 Å². The van der Waals surface area contributed by atoms with Crippen molar-refractivity contribution in [3.63, 3.8) is 0 Å². The molecular weight excluding hydrogens is 353 g/mol. The molecule has 8 nitrogen and oxygen atoms in total. The lowest BCUT2D eigenvalue weighted by molar-refractivity contribution is 0.0797. The van der Waals surface area contributed by atoms with Crippen LogP contribution in [0, 0.1) is 0 Å². The van der Waals surface area contributed by atoms with E-state index in [2.05, 4.69) is 25.2 Å². The molecule has 0 spiro atoms. The van der Waals surface area contributed by atoms with Crippen LogP contribution < -0.4 is 14.8 Å². The van der Waals surface area contributed by atoms with Crippen LogP contribution in [-0.4, -0.2) is 50.8 Å². The van der Waals surface area contributed by atoms with Crippen molar-refractivity contribution in [3.8, 4) is 11.8 Å². The second-order valence-corrected chi connectivity index (χ2v) is 7.04. The molecule has 0 aromatic carbocycles. The molecule has 1 fully saturated rings. The molecule has 2 aromatic rings. The molecule has 2 aliphatic rings. The summed E-state index contributed by atoms with van der Waals surface area (Å²) in [6.45, 7) is 3.42. The number of halogens is 1. The molecule has 1 N–H and O–H groups in total. The van der Waals surface area contributed by atoms with Crippen molar-refractivity contribution < 1.29 is 18.7 Å². The van der Waals surface area contributed by atoms with Crippen LogP contribution in [0.3, 0.4) is 0 Å². The molecule has 0 radical (unpaired) electrons. The molecule has 1 saturated heterocycles. The second kappa shape index (κ2) is 7.07. The van der Waals surface area contributed by atoms with Crippen molar-refractivity contribution in [2.45, 2.75) is 38.1 Å². The van der Waals surface area contributed by atoms with Gasteiger partial charge in [-0.15, -0.1) is 0 Å². The molecule has 2 aromatic heterocycles. The highest BCUT2D eigenvalue weighted by molar-refractivity contribution is 5.72. The first kappa shape index (κ1) is 17.6. The number of hydrogen-bond acceptors (Lipinski definition) is 7. The third kappa shape index (κ3) is 3.82. The molecule has 0 bridgehead atoms. The molecule has 4 rings (SSSR count). The van der Waals surface area contributed by atoms with Gasteiger partial charge in [-0.05, 0) is 18.6 Å². The van der Waals surface area contributed by atoms with Crippen molar-refractivity contribution >= 4 is 6.09 Å². The van der Waals surface area contributed by atoms with E-state index in [0.29, 0.717) is 31.0 Å². The minimum atomic E-state index is -0.914. The number of rotatable bonds is 5. The lowest BCUT2D eigenvalue weighted by Crippen LogP contribution is -2.45. The van der Waals surface area contributed by atoms with Crippen LogP contribution in [0.15, 0.2) is 30.7 Å². The summed E-state index contributed by atoms with van der Waals surface area (Å²) in [5, 5.41) is 2.54. The number of carbonyl (C=O) groups is 1. The van der Waals surface area contributed by atoms with Gasteiger partial charge in [0.25, 0.3) is 0 Å². The van der Waals surface area contributed by atoms with Crippen molar-refractivity contribution in [1.29, 1.82) is 0 Å². The van der Waals surface area contributed by atoms with Gasteiger partial charge in [0.05, 0.1) is 18.3 Å². The first-order chi connectivity index (χ1) is 13.0. The van der Waals surface area contributed by atoms with Crippen LogP contribution in [0.25, 0.3) is 0 Å². The summed E-state index contributed by atoms with van der Waals surface area (Å²) in [5.41, 5.74) is 1.08. The summed E-state index contributed by atoms with van der Waals surface area (Å²) < 4.78 is 24.9. The van der Waals surface area contributed by atoms with Crippen LogP contribution in [0.5, 0.6) is 11.8 Å². The Bertz CT molecular complexity index is 837. The standard InChI is InChI=1S/C18H20FN5O3/c1-18(5-13(19)10-24(18)9-12-3-2-4-20-6-12)11-26-16-21-8-15-14(23-16)7-22-17(25)27-15/h2-4,6,8,13H,5,7,9-11H2,1H3,(H,22,25)/t13-,18+/m1/s1. The van der Waals surface area contributed by atoms with E-state index in [1.807, 2.05) is 19.1 Å². The van der Waals surface area contributed by atoms with E-state index in [9.17, 15) is 9.18 Å². The van der Waals surface area contributed by atoms with Gasteiger partial charge in [-0.3, -0.25) is 9.88 Å². The summed E-state index contributed by atoms with van der Waals surface area (Å²) in [6.07, 6.45) is 3.85. The number of pyridine rings is 1. The molecule has 2 atom stereocenters. The van der Waals surface area contributed by atoms with Crippen LogP contribution in [0.4, 0.5) is 9.18 Å². The largest absolute Gasteiger partial charge is 0.461 e. The van der Waals surface area contributed by atoms with Crippen LogP contribution in [0.2, 0.25) is 0 Å². The Morgan fingerprint density at radius 3 is 3.19 bits per heavy atom. The number of likely N-dealkylation sites (tertiary alicyclic amines) is 1. The predicted octanol–water partition coefficient (Wildman–Crippen LogP) is 1.86. The van der Waals surface area contributed by atoms with Gasteiger partial charge >= 0.3 is 12.1 Å². The summed E-state index contributed by atoms with van der Waals surface area (Å²) >= 11 is 0. The highest BCUT2D eigenvalue weighted by atomic mass is 19.1. The Morgan fingerprint density at radius 1 is 1.48 bits per heavy atom. The number of nitrogens with zero attached hydrogens (tertiary/aromatic N) is 4. The molecular formula is C18H20FN5O3. The van der Waals surface area contributed by atoms with E-state index < -0.39 is 17.8 Å². The van der Waals surface area contributed by atoms with Crippen molar-refractivity contribution in [3.05, 3.63) is 42.0 Å². The number of amides is 1. The zero-order chi connectivity index (χ0) is 18.9. The van der Waals surface area contributed by atoms with E-state index in [-0.39, 0.29) is 19.2 Å². The molecule has 0 aliphatic carbocycles. The summed E-state index contributed by atoms with van der Waals surface area (Å²) in [5.74, 6) is 0.320. The molecule has 9 heteroatoms. The van der Waals surface area contributed by atoms with E-state index >= 15 is 0 Å². The Morgan fingerprint density at radius 2 is 2.37 bits per heavy atom. The molecule has 0 unspecified atom stereocenters. The lowest BCUT2D eigenvalue weighted by Gasteiger charge is -2.34. The molecule has 2 aliphatic heterocycles. The SMILES string of the molecule is C[C@@]1(COc2ncc3c(n2)CNC(=O)O3)C[C@@H](F)CN1Cc1cccnc1. The van der Waals surface area contributed by atoms with Gasteiger partial charge in [0.2, 0.25) is 0 Å². The average molecular weight is 373 g/mol. The maximum absolute atomic E-state index is 14.2. The minimum Gasteiger partial charge on any atom is -0.461 e. The van der Waals surface area contributed by atoms with E-state index in [1.54, 1.807) is 12.4 Å². The fraction of sp³-hybridized carbons (Fsp3) is 0.444. The van der Waals surface area contributed by atoms with Gasteiger partial charge in [-0.25, -0.2) is 9.18 Å². The Kier molecular flexibility index (Phi) is 4.61. The van der Waals surface area contributed by atoms with Gasteiger partial charge in [-0.2, -0.15) is 9.97 Å². The third-order valence-corrected chi connectivity index (χ3v) is 4.86. The van der Waals surface area contributed by atoms with Crippen molar-refractivity contribution in [2.75, 3.05) is 13.2 Å². The van der Waals surface area contributed by atoms with Gasteiger partial charge < -0.3 is 14.8 Å². The summed E-state index contributed by atoms with van der Waals surface area (Å²) in [4.78, 5) is 25.7. The molecule has 1 amide bonds. The Balaban J connectivity index is 1.45. The third-order valence-electron chi connectivity index (χ3n) is 4.86. The maximum atomic E-state index is 14.2. The van der Waals surface area contributed by atoms with Gasteiger partial charge in [0.15, 0.2) is 5.75 Å². The Hall–Kier alpha value is -2.81. The topological polar surface area (TPSA) is 89.5 Å². The van der Waals surface area contributed by atoms with Crippen molar-refractivity contribution in [1.82, 2.24) is 25.2 Å². The molecule has 27 heavy (non-hydrogen) atoms. The molecule has 0 saturated carbocycles. The van der Waals surface area contributed by atoms with Gasteiger partial charge in [0.1, 0.15) is 18.5 Å². The summed E-state index contributed by atoms with van der Waals surface area (Å²) in [7, 11) is 0. The van der Waals surface area contributed by atoms with Gasteiger partial charge in [-0.1, -0.05) is 6.07 Å². The number of carbonyl (C=O) groups excluding carboxylic acids is 1. The Labute approximate surface area is 155 Å². The van der Waals surface area contributed by atoms with Crippen molar-refractivity contribution in [2.24, 2.45) is 0 Å². The monoisotopic (exact) mass is 373 g/mol. The first-order valence-electron chi connectivity index (χ1n) is 8.74. The molecule has 4 heterocycles. The number of aromatic nitrogens is 3. The predicted molar refractivity (Wildman–Crippen MR) is 93.0 cm³/mol. The highest BCUT2D eigenvalue weighted by Crippen LogP contribution is 2.33. The fourth-order valence-electron chi connectivity index (χ4n) is 3.43. The number of hydrogen-bond donors (Lipinski definition) is 1. The smallest absolute Gasteiger partial charge is 0.413 e. The van der Waals surface area contributed by atoms with E-state index in [0.717, 1.165) is 5.56 Å². The minimum absolute atomic E-state index is 0.179. The zero-order valence-electron chi connectivity index (χ0n) is 14.9. The van der Waals surface area contributed by atoms with Crippen LogP contribution in [0.1, 0.15) is 24.6 Å². The van der Waals surface area contributed by atoms with Crippen LogP contribution in [-0.2, 0) is 13.1 Å². The normalized spacial score (nSPS) is 24.8. The molecule has 142 valence electrons. The average Bonchev–Trinajstić information content (AvgIpc) is 2.94. The number of alkyl halides is 1. The van der Waals surface area contributed by atoms with Crippen LogP contribution >= 0.6 is 0 Å². The van der Waals surface area contributed by atoms with Gasteiger partial charge in [0, 0.05) is 31.9 Å². The second-order valence-electron chi connectivity index (χ2n) is 7.04. The number of ether oxygens (including phenoxy) is 2. The first-order valence-corrected chi connectivity index (χ1v) is 8.74. The quantitative estimate of drug-likeness (QED) is 0.855. The lowest BCUT2D eigenvalue weighted by atomic mass is 9.99. The maximum Gasteiger partial charge on any atom is 0.413 e. The fourth-order valence-corrected chi connectivity index (χ4v) is 3.43.